The number of β-lactam (4-membered cyclic amide) rings is 1. The molecule has 3 nitrogen and oxygen atoms in total. The second-order valence-electron chi connectivity index (χ2n) is 4.83. The summed E-state index contributed by atoms with van der Waals surface area (Å²) in [6, 6.07) is 14.6. The van der Waals surface area contributed by atoms with Crippen molar-refractivity contribution in [3.63, 3.8) is 0 Å². The number of anilines is 1. The van der Waals surface area contributed by atoms with Crippen molar-refractivity contribution in [2.75, 3.05) is 4.90 Å². The van der Waals surface area contributed by atoms with Crippen LogP contribution in [-0.2, 0) is 9.59 Å². The smallest absolute Gasteiger partial charge is 0.290 e. The lowest BCUT2D eigenvalue weighted by atomic mass is 9.91. The van der Waals surface area contributed by atoms with Gasteiger partial charge in [-0.25, -0.2) is 0 Å². The van der Waals surface area contributed by atoms with Gasteiger partial charge in [0.05, 0.1) is 0 Å². The molecule has 2 aromatic carbocycles. The Hall–Kier alpha value is -1.94. The number of Topliss-reactive ketones (excluding diaryl/α,β-unsaturated/α-hetero) is 1. The third kappa shape index (κ3) is 2.06. The van der Waals surface area contributed by atoms with Crippen LogP contribution in [-0.4, -0.2) is 11.7 Å². The number of carbonyl (C=O) groups is 2. The summed E-state index contributed by atoms with van der Waals surface area (Å²) >= 11 is 3.36. The van der Waals surface area contributed by atoms with Gasteiger partial charge in [0, 0.05) is 10.2 Å². The highest BCUT2D eigenvalue weighted by Gasteiger charge is 2.47. The molecule has 0 radical (unpaired) electrons. The van der Waals surface area contributed by atoms with E-state index in [1.165, 1.54) is 0 Å². The van der Waals surface area contributed by atoms with Gasteiger partial charge in [-0.05, 0) is 36.8 Å². The first-order valence-corrected chi connectivity index (χ1v) is 7.07. The first kappa shape index (κ1) is 13.1. The van der Waals surface area contributed by atoms with E-state index in [9.17, 15) is 9.59 Å². The van der Waals surface area contributed by atoms with E-state index in [1.807, 2.05) is 55.5 Å². The quantitative estimate of drug-likeness (QED) is 0.625. The van der Waals surface area contributed by atoms with Gasteiger partial charge in [0.15, 0.2) is 0 Å². The minimum absolute atomic E-state index is 0.350. The Bertz CT molecular complexity index is 615. The molecule has 1 aliphatic heterocycles. The minimum atomic E-state index is -0.496. The standard InChI is InChI=1S/C16H12BrNO2/c1-10-2-4-11(5-3-10)14-15(19)16(20)18(14)13-8-6-12(17)7-9-13/h2-9,14H,1H3. The van der Waals surface area contributed by atoms with Crippen molar-refractivity contribution in [3.8, 4) is 0 Å². The van der Waals surface area contributed by atoms with Crippen molar-refractivity contribution in [2.45, 2.75) is 13.0 Å². The van der Waals surface area contributed by atoms with Crippen molar-refractivity contribution in [1.29, 1.82) is 0 Å². The predicted octanol–water partition coefficient (Wildman–Crippen LogP) is 3.41. The minimum Gasteiger partial charge on any atom is -0.290 e. The monoisotopic (exact) mass is 329 g/mol. The third-order valence-corrected chi connectivity index (χ3v) is 3.96. The lowest BCUT2D eigenvalue weighted by molar-refractivity contribution is -0.143. The summed E-state index contributed by atoms with van der Waals surface area (Å²) in [6.45, 7) is 1.99. The van der Waals surface area contributed by atoms with E-state index >= 15 is 0 Å². The molecule has 1 saturated heterocycles. The number of aryl methyl sites for hydroxylation is 1. The molecule has 0 aromatic heterocycles. The molecule has 1 unspecified atom stereocenters. The number of benzene rings is 2. The fourth-order valence-corrected chi connectivity index (χ4v) is 2.59. The number of nitrogens with zero attached hydrogens (tertiary/aromatic N) is 1. The molecule has 4 heteroatoms. The van der Waals surface area contributed by atoms with Crippen molar-refractivity contribution < 1.29 is 9.59 Å². The van der Waals surface area contributed by atoms with Crippen LogP contribution >= 0.6 is 15.9 Å². The maximum atomic E-state index is 11.9. The van der Waals surface area contributed by atoms with E-state index in [-0.39, 0.29) is 5.78 Å². The van der Waals surface area contributed by atoms with Crippen LogP contribution in [0.25, 0.3) is 0 Å². The van der Waals surface area contributed by atoms with E-state index in [1.54, 1.807) is 4.90 Å². The first-order valence-electron chi connectivity index (χ1n) is 6.27. The topological polar surface area (TPSA) is 37.4 Å². The second kappa shape index (κ2) is 4.87. The lowest BCUT2D eigenvalue weighted by Gasteiger charge is -2.38. The van der Waals surface area contributed by atoms with Crippen LogP contribution in [0.15, 0.2) is 53.0 Å². The maximum Gasteiger partial charge on any atom is 0.297 e. The zero-order valence-corrected chi connectivity index (χ0v) is 12.4. The van der Waals surface area contributed by atoms with Crippen LogP contribution in [0.5, 0.6) is 0 Å². The number of hydrogen-bond acceptors (Lipinski definition) is 2. The van der Waals surface area contributed by atoms with Gasteiger partial charge in [0.2, 0.25) is 5.78 Å². The Morgan fingerprint density at radius 2 is 1.55 bits per heavy atom. The summed E-state index contributed by atoms with van der Waals surface area (Å²) in [4.78, 5) is 25.3. The van der Waals surface area contributed by atoms with Crippen molar-refractivity contribution in [2.24, 2.45) is 0 Å². The lowest BCUT2D eigenvalue weighted by Crippen LogP contribution is -2.56. The highest BCUT2D eigenvalue weighted by atomic mass is 79.9. The maximum absolute atomic E-state index is 11.9. The Labute approximate surface area is 125 Å². The SMILES string of the molecule is Cc1ccc(C2C(=O)C(=O)N2c2ccc(Br)cc2)cc1. The molecule has 1 fully saturated rings. The molecular formula is C16H12BrNO2. The predicted molar refractivity (Wildman–Crippen MR) is 80.6 cm³/mol. The van der Waals surface area contributed by atoms with E-state index in [0.717, 1.165) is 21.3 Å². The molecule has 0 N–H and O–H groups in total. The van der Waals surface area contributed by atoms with E-state index < -0.39 is 11.9 Å². The van der Waals surface area contributed by atoms with Crippen molar-refractivity contribution in [1.82, 2.24) is 0 Å². The van der Waals surface area contributed by atoms with Crippen LogP contribution in [0.1, 0.15) is 17.2 Å². The number of amides is 1. The second-order valence-corrected chi connectivity index (χ2v) is 5.74. The molecule has 0 aliphatic carbocycles. The molecule has 20 heavy (non-hydrogen) atoms. The molecular weight excluding hydrogens is 318 g/mol. The van der Waals surface area contributed by atoms with Gasteiger partial charge in [0.25, 0.3) is 5.91 Å². The number of carbonyl (C=O) groups excluding carboxylic acids is 2. The number of halogens is 1. The Kier molecular flexibility index (Phi) is 3.18. The van der Waals surface area contributed by atoms with Gasteiger partial charge in [-0.3, -0.25) is 14.5 Å². The molecule has 0 saturated carbocycles. The Morgan fingerprint density at radius 1 is 0.950 bits per heavy atom. The van der Waals surface area contributed by atoms with Gasteiger partial charge in [-0.15, -0.1) is 0 Å². The van der Waals surface area contributed by atoms with E-state index in [4.69, 9.17) is 0 Å². The fraction of sp³-hybridized carbons (Fsp3) is 0.125. The normalized spacial score (nSPS) is 18.1. The van der Waals surface area contributed by atoms with Crippen molar-refractivity contribution >= 4 is 33.3 Å². The molecule has 0 bridgehead atoms. The number of rotatable bonds is 2. The summed E-state index contributed by atoms with van der Waals surface area (Å²) < 4.78 is 0.937. The van der Waals surface area contributed by atoms with Crippen LogP contribution in [0, 0.1) is 6.92 Å². The first-order chi connectivity index (χ1) is 9.58. The fourth-order valence-electron chi connectivity index (χ4n) is 2.32. The molecule has 1 aliphatic rings. The van der Waals surface area contributed by atoms with Crippen molar-refractivity contribution in [3.05, 3.63) is 64.1 Å². The third-order valence-electron chi connectivity index (χ3n) is 3.43. The number of ketones is 1. The Balaban J connectivity index is 1.97. The summed E-state index contributed by atoms with van der Waals surface area (Å²) in [5, 5.41) is 0. The van der Waals surface area contributed by atoms with E-state index in [2.05, 4.69) is 15.9 Å². The molecule has 1 atom stereocenters. The van der Waals surface area contributed by atoms with Crippen LogP contribution in [0.4, 0.5) is 5.69 Å². The van der Waals surface area contributed by atoms with Crippen LogP contribution < -0.4 is 4.90 Å². The zero-order chi connectivity index (χ0) is 14.3. The van der Waals surface area contributed by atoms with Crippen LogP contribution in [0.3, 0.4) is 0 Å². The molecule has 0 spiro atoms. The van der Waals surface area contributed by atoms with Gasteiger partial charge < -0.3 is 0 Å². The summed E-state index contributed by atoms with van der Waals surface area (Å²) in [5.41, 5.74) is 2.72. The average molecular weight is 330 g/mol. The molecule has 1 amide bonds. The van der Waals surface area contributed by atoms with Crippen LogP contribution in [0.2, 0.25) is 0 Å². The highest BCUT2D eigenvalue weighted by Crippen LogP contribution is 2.36. The van der Waals surface area contributed by atoms with E-state index in [0.29, 0.717) is 0 Å². The average Bonchev–Trinajstić information content (AvgIpc) is 2.46. The molecule has 3 rings (SSSR count). The molecule has 100 valence electrons. The highest BCUT2D eigenvalue weighted by molar-refractivity contribution is 9.10. The summed E-state index contributed by atoms with van der Waals surface area (Å²) in [7, 11) is 0. The Morgan fingerprint density at radius 3 is 2.15 bits per heavy atom. The summed E-state index contributed by atoms with van der Waals surface area (Å²) in [6.07, 6.45) is 0. The largest absolute Gasteiger partial charge is 0.297 e. The van der Waals surface area contributed by atoms with Gasteiger partial charge in [0.1, 0.15) is 6.04 Å². The van der Waals surface area contributed by atoms with Gasteiger partial charge in [-0.2, -0.15) is 0 Å². The zero-order valence-electron chi connectivity index (χ0n) is 10.8. The molecule has 1 heterocycles. The molecule has 2 aromatic rings. The van der Waals surface area contributed by atoms with Gasteiger partial charge in [-0.1, -0.05) is 45.8 Å². The van der Waals surface area contributed by atoms with Gasteiger partial charge >= 0.3 is 0 Å². The summed E-state index contributed by atoms with van der Waals surface area (Å²) in [5.74, 6) is -0.797. The number of hydrogen-bond donors (Lipinski definition) is 0.